The van der Waals surface area contributed by atoms with Crippen LogP contribution in [0.15, 0.2) is 24.5 Å². The van der Waals surface area contributed by atoms with Gasteiger partial charge >= 0.3 is 0 Å². The van der Waals surface area contributed by atoms with Gasteiger partial charge < -0.3 is 10.4 Å². The lowest BCUT2D eigenvalue weighted by Crippen LogP contribution is -2.38. The quantitative estimate of drug-likeness (QED) is 0.856. The molecule has 5 heteroatoms. The fourth-order valence-corrected chi connectivity index (χ4v) is 2.75. The predicted molar refractivity (Wildman–Crippen MR) is 78.3 cm³/mol. The number of anilines is 1. The number of likely N-dealkylation sites (N-methyl/N-ethyl adjacent to an activating group) is 1. The van der Waals surface area contributed by atoms with Gasteiger partial charge in [-0.15, -0.1) is 0 Å². The normalized spacial score (nSPS) is 22.8. The number of rotatable bonds is 5. The minimum Gasteiger partial charge on any atom is -0.393 e. The number of aromatic nitrogens is 1. The van der Waals surface area contributed by atoms with Crippen molar-refractivity contribution < 1.29 is 9.90 Å². The summed E-state index contributed by atoms with van der Waals surface area (Å²) >= 11 is 0. The molecule has 1 aromatic rings. The Morgan fingerprint density at radius 3 is 2.80 bits per heavy atom. The lowest BCUT2D eigenvalue weighted by atomic mass is 9.86. The van der Waals surface area contributed by atoms with E-state index in [-0.39, 0.29) is 12.0 Å². The number of nitrogens with one attached hydrogen (secondary N) is 1. The molecule has 0 bridgehead atoms. The Morgan fingerprint density at radius 1 is 1.40 bits per heavy atom. The molecule has 0 radical (unpaired) electrons. The molecule has 110 valence electrons. The molecule has 1 aliphatic carbocycles. The number of hydrogen-bond acceptors (Lipinski definition) is 4. The van der Waals surface area contributed by atoms with Gasteiger partial charge in [0, 0.05) is 24.6 Å². The summed E-state index contributed by atoms with van der Waals surface area (Å²) in [6, 6.07) is 3.53. The fraction of sp³-hybridized carbons (Fsp3) is 0.600. The third-order valence-electron chi connectivity index (χ3n) is 3.79. The van der Waals surface area contributed by atoms with E-state index in [0.29, 0.717) is 12.5 Å². The fourth-order valence-electron chi connectivity index (χ4n) is 2.75. The Labute approximate surface area is 120 Å². The molecule has 1 amide bonds. The van der Waals surface area contributed by atoms with Crippen LogP contribution >= 0.6 is 0 Å². The number of pyridine rings is 1. The highest BCUT2D eigenvalue weighted by Gasteiger charge is 2.24. The number of carbonyl (C=O) groups excluding carboxylic acids is 1. The molecule has 1 fully saturated rings. The zero-order valence-corrected chi connectivity index (χ0v) is 12.0. The Kier molecular flexibility index (Phi) is 5.49. The molecule has 0 saturated heterocycles. The number of carbonyl (C=O) groups is 1. The van der Waals surface area contributed by atoms with Gasteiger partial charge in [0.15, 0.2) is 0 Å². The zero-order chi connectivity index (χ0) is 14.4. The molecule has 5 nitrogen and oxygen atoms in total. The second-order valence-corrected chi connectivity index (χ2v) is 5.59. The van der Waals surface area contributed by atoms with Crippen molar-refractivity contribution in [3.63, 3.8) is 0 Å². The van der Waals surface area contributed by atoms with Crippen LogP contribution in [0.3, 0.4) is 0 Å². The van der Waals surface area contributed by atoms with Crippen molar-refractivity contribution in [1.29, 1.82) is 0 Å². The zero-order valence-electron chi connectivity index (χ0n) is 12.0. The van der Waals surface area contributed by atoms with E-state index in [2.05, 4.69) is 10.3 Å². The number of amides is 1. The van der Waals surface area contributed by atoms with Gasteiger partial charge in [-0.05, 0) is 37.9 Å². The second-order valence-electron chi connectivity index (χ2n) is 5.59. The third kappa shape index (κ3) is 4.58. The average molecular weight is 277 g/mol. The van der Waals surface area contributed by atoms with E-state index in [1.165, 1.54) is 6.42 Å². The summed E-state index contributed by atoms with van der Waals surface area (Å²) in [7, 11) is 1.92. The van der Waals surface area contributed by atoms with Crippen LogP contribution in [0.2, 0.25) is 0 Å². The maximum atomic E-state index is 11.9. The maximum absolute atomic E-state index is 11.9. The van der Waals surface area contributed by atoms with Crippen molar-refractivity contribution in [2.75, 3.05) is 25.5 Å². The largest absolute Gasteiger partial charge is 0.393 e. The third-order valence-corrected chi connectivity index (χ3v) is 3.79. The van der Waals surface area contributed by atoms with Crippen molar-refractivity contribution in [3.05, 3.63) is 24.5 Å². The number of aliphatic hydroxyl groups excluding tert-OH is 1. The van der Waals surface area contributed by atoms with Crippen LogP contribution in [0.4, 0.5) is 5.69 Å². The molecule has 1 aromatic heterocycles. The highest BCUT2D eigenvalue weighted by atomic mass is 16.3. The first-order valence-corrected chi connectivity index (χ1v) is 7.21. The number of nitrogens with zero attached hydrogens (tertiary/aromatic N) is 2. The molecule has 20 heavy (non-hydrogen) atoms. The van der Waals surface area contributed by atoms with Crippen LogP contribution in [0, 0.1) is 5.92 Å². The van der Waals surface area contributed by atoms with Crippen LogP contribution in [-0.4, -0.2) is 47.1 Å². The first kappa shape index (κ1) is 14.9. The number of aliphatic hydroxyl groups is 1. The van der Waals surface area contributed by atoms with Gasteiger partial charge in [-0.2, -0.15) is 0 Å². The molecule has 2 atom stereocenters. The highest BCUT2D eigenvalue weighted by Crippen LogP contribution is 2.24. The topological polar surface area (TPSA) is 65.5 Å². The molecule has 2 rings (SSSR count). The van der Waals surface area contributed by atoms with Crippen LogP contribution in [0.1, 0.15) is 25.7 Å². The SMILES string of the molecule is CN(CC(=O)Nc1ccncc1)CC1CCCCC1O. The molecule has 0 aromatic carbocycles. The molecule has 2 N–H and O–H groups in total. The molecule has 1 heterocycles. The average Bonchev–Trinajstić information content (AvgIpc) is 2.42. The monoisotopic (exact) mass is 277 g/mol. The molecule has 0 spiro atoms. The molecule has 1 saturated carbocycles. The predicted octanol–water partition coefficient (Wildman–Crippen LogP) is 1.50. The Morgan fingerprint density at radius 2 is 2.10 bits per heavy atom. The standard InChI is InChI=1S/C15H23N3O2/c1-18(10-12-4-2-3-5-14(12)19)11-15(20)17-13-6-8-16-9-7-13/h6-9,12,14,19H,2-5,10-11H2,1H3,(H,16,17,20). The molecule has 1 aliphatic rings. The lowest BCUT2D eigenvalue weighted by molar-refractivity contribution is -0.117. The molecular formula is C15H23N3O2. The summed E-state index contributed by atoms with van der Waals surface area (Å²) in [6.07, 6.45) is 7.33. The van der Waals surface area contributed by atoms with E-state index in [1.54, 1.807) is 24.5 Å². The van der Waals surface area contributed by atoms with Gasteiger partial charge in [0.2, 0.25) is 5.91 Å². The van der Waals surface area contributed by atoms with Crippen molar-refractivity contribution >= 4 is 11.6 Å². The summed E-state index contributed by atoms with van der Waals surface area (Å²) in [4.78, 5) is 17.8. The number of hydrogen-bond donors (Lipinski definition) is 2. The smallest absolute Gasteiger partial charge is 0.238 e. The van der Waals surface area contributed by atoms with Gasteiger partial charge in [-0.1, -0.05) is 12.8 Å². The highest BCUT2D eigenvalue weighted by molar-refractivity contribution is 5.92. The first-order chi connectivity index (χ1) is 9.65. The van der Waals surface area contributed by atoms with Crippen molar-refractivity contribution in [2.45, 2.75) is 31.8 Å². The van der Waals surface area contributed by atoms with Gasteiger partial charge in [-0.3, -0.25) is 14.7 Å². The van der Waals surface area contributed by atoms with Crippen molar-refractivity contribution in [2.24, 2.45) is 5.92 Å². The summed E-state index contributed by atoms with van der Waals surface area (Å²) in [5, 5.41) is 12.8. The second kappa shape index (κ2) is 7.36. The Bertz CT molecular complexity index is 424. The Balaban J connectivity index is 1.76. The van der Waals surface area contributed by atoms with Crippen LogP contribution in [0.5, 0.6) is 0 Å². The van der Waals surface area contributed by atoms with Crippen LogP contribution in [0.25, 0.3) is 0 Å². The molecule has 0 aliphatic heterocycles. The van der Waals surface area contributed by atoms with E-state index in [9.17, 15) is 9.90 Å². The van der Waals surface area contributed by atoms with Crippen LogP contribution < -0.4 is 5.32 Å². The molecular weight excluding hydrogens is 254 g/mol. The van der Waals surface area contributed by atoms with Gasteiger partial charge in [0.05, 0.1) is 12.6 Å². The first-order valence-electron chi connectivity index (χ1n) is 7.21. The summed E-state index contributed by atoms with van der Waals surface area (Å²) in [5.74, 6) is 0.256. The van der Waals surface area contributed by atoms with Crippen molar-refractivity contribution in [3.8, 4) is 0 Å². The Hall–Kier alpha value is -1.46. The molecule has 2 unspecified atom stereocenters. The van der Waals surface area contributed by atoms with Crippen LogP contribution in [-0.2, 0) is 4.79 Å². The van der Waals surface area contributed by atoms with E-state index in [0.717, 1.165) is 31.5 Å². The summed E-state index contributed by atoms with van der Waals surface area (Å²) < 4.78 is 0. The van der Waals surface area contributed by atoms with E-state index >= 15 is 0 Å². The summed E-state index contributed by atoms with van der Waals surface area (Å²) in [6.45, 7) is 1.11. The van der Waals surface area contributed by atoms with E-state index in [1.807, 2.05) is 11.9 Å². The van der Waals surface area contributed by atoms with Gasteiger partial charge in [0.1, 0.15) is 0 Å². The van der Waals surface area contributed by atoms with E-state index < -0.39 is 0 Å². The summed E-state index contributed by atoms with van der Waals surface area (Å²) in [5.41, 5.74) is 0.760. The van der Waals surface area contributed by atoms with Crippen molar-refractivity contribution in [1.82, 2.24) is 9.88 Å². The minimum absolute atomic E-state index is 0.0380. The van der Waals surface area contributed by atoms with Gasteiger partial charge in [-0.25, -0.2) is 0 Å². The van der Waals surface area contributed by atoms with Gasteiger partial charge in [0.25, 0.3) is 0 Å². The maximum Gasteiger partial charge on any atom is 0.238 e. The lowest BCUT2D eigenvalue weighted by Gasteiger charge is -2.30. The minimum atomic E-state index is -0.213. The van der Waals surface area contributed by atoms with E-state index in [4.69, 9.17) is 0 Å².